The second kappa shape index (κ2) is 7.26. The van der Waals surface area contributed by atoms with Crippen LogP contribution >= 0.6 is 0 Å². The molecule has 0 saturated carbocycles. The number of aromatic amines is 1. The van der Waals surface area contributed by atoms with Crippen LogP contribution in [0.1, 0.15) is 23.3 Å². The molecule has 5 aromatic carbocycles. The molecule has 9 nitrogen and oxygen atoms in total. The summed E-state index contributed by atoms with van der Waals surface area (Å²) >= 11 is 0. The first kappa shape index (κ1) is 21.5. The number of aliphatic hydroxyl groups excluding tert-OH is 3. The van der Waals surface area contributed by atoms with Crippen molar-refractivity contribution in [3.8, 4) is 0 Å². The van der Waals surface area contributed by atoms with E-state index in [9.17, 15) is 20.1 Å². The molecule has 4 unspecified atom stereocenters. The Morgan fingerprint density at radius 3 is 2.42 bits per heavy atom. The Bertz CT molecular complexity index is 2150. The van der Waals surface area contributed by atoms with Gasteiger partial charge in [0.2, 0.25) is 5.95 Å². The lowest BCUT2D eigenvalue weighted by Gasteiger charge is -2.39. The minimum absolute atomic E-state index is 0.0678. The van der Waals surface area contributed by atoms with Crippen molar-refractivity contribution in [1.82, 2.24) is 19.5 Å². The highest BCUT2D eigenvalue weighted by Gasteiger charge is 2.44. The molecule has 1 aliphatic rings. The van der Waals surface area contributed by atoms with Gasteiger partial charge in [-0.3, -0.25) is 9.78 Å². The van der Waals surface area contributed by atoms with Crippen LogP contribution in [0, 0.1) is 0 Å². The van der Waals surface area contributed by atoms with Crippen LogP contribution < -0.4 is 11.3 Å². The standard InChI is InChI=1S/C29H21N5O4/c30-29-32-27-23(28(38)33-29)34(11-31-27)22-21-17(24(35)26(37)25(22)36)10-13-9-8-12-4-3-7-15-14-5-1-2-6-16(14)20(21)19(13)18(12)15/h1-11,22,24-26,35-37H,(H3,30,32,33,38). The molecule has 4 atom stereocenters. The molecule has 0 fully saturated rings. The van der Waals surface area contributed by atoms with Gasteiger partial charge < -0.3 is 25.6 Å². The van der Waals surface area contributed by atoms with Crippen molar-refractivity contribution in [2.24, 2.45) is 0 Å². The fourth-order valence-corrected chi connectivity index (χ4v) is 6.52. The Morgan fingerprint density at radius 1 is 0.842 bits per heavy atom. The monoisotopic (exact) mass is 503 g/mol. The lowest BCUT2D eigenvalue weighted by Crippen LogP contribution is -2.44. The van der Waals surface area contributed by atoms with Crippen LogP contribution in [0.15, 0.2) is 71.8 Å². The Hall–Kier alpha value is -4.57. The van der Waals surface area contributed by atoms with Gasteiger partial charge in [-0.15, -0.1) is 0 Å². The third-order valence-electron chi connectivity index (χ3n) is 8.07. The maximum Gasteiger partial charge on any atom is 0.278 e. The average Bonchev–Trinajstić information content (AvgIpc) is 3.34. The van der Waals surface area contributed by atoms with Gasteiger partial charge in [0.25, 0.3) is 5.56 Å². The van der Waals surface area contributed by atoms with Gasteiger partial charge in [0.05, 0.1) is 12.4 Å². The van der Waals surface area contributed by atoms with E-state index in [4.69, 9.17) is 5.73 Å². The van der Waals surface area contributed by atoms with Crippen molar-refractivity contribution in [3.63, 3.8) is 0 Å². The number of benzene rings is 5. The van der Waals surface area contributed by atoms with Gasteiger partial charge in [-0.1, -0.05) is 54.6 Å². The Kier molecular flexibility index (Phi) is 4.11. The summed E-state index contributed by atoms with van der Waals surface area (Å²) in [6, 6.07) is 19.3. The molecule has 1 aliphatic carbocycles. The first-order valence-corrected chi connectivity index (χ1v) is 12.3. The maximum absolute atomic E-state index is 13.0. The van der Waals surface area contributed by atoms with Crippen molar-refractivity contribution in [2.45, 2.75) is 24.4 Å². The zero-order valence-electron chi connectivity index (χ0n) is 19.8. The molecular weight excluding hydrogens is 482 g/mol. The van der Waals surface area contributed by atoms with E-state index >= 15 is 0 Å². The quantitative estimate of drug-likeness (QED) is 0.171. The molecule has 0 aliphatic heterocycles. The van der Waals surface area contributed by atoms with E-state index < -0.39 is 29.9 Å². The lowest BCUT2D eigenvalue weighted by molar-refractivity contribution is -0.0834. The smallest absolute Gasteiger partial charge is 0.278 e. The highest BCUT2D eigenvalue weighted by Crippen LogP contribution is 2.49. The van der Waals surface area contributed by atoms with Gasteiger partial charge in [-0.2, -0.15) is 4.98 Å². The number of rotatable bonds is 1. The number of hydrogen-bond acceptors (Lipinski definition) is 7. The maximum atomic E-state index is 13.0. The number of nitrogens with zero attached hydrogens (tertiary/aromatic N) is 3. The normalized spacial score (nSPS) is 21.8. The first-order valence-electron chi connectivity index (χ1n) is 12.3. The summed E-state index contributed by atoms with van der Waals surface area (Å²) in [5.74, 6) is -0.0678. The van der Waals surface area contributed by atoms with Crippen molar-refractivity contribution < 1.29 is 15.3 Å². The second-order valence-corrected chi connectivity index (χ2v) is 10.0. The number of aromatic nitrogens is 4. The van der Waals surface area contributed by atoms with Crippen LogP contribution in [-0.4, -0.2) is 47.0 Å². The molecule has 2 heterocycles. The molecule has 7 aromatic rings. The van der Waals surface area contributed by atoms with Crippen molar-refractivity contribution in [2.75, 3.05) is 5.73 Å². The number of anilines is 1. The van der Waals surface area contributed by atoms with Gasteiger partial charge in [0, 0.05) is 0 Å². The van der Waals surface area contributed by atoms with Crippen LogP contribution in [0.5, 0.6) is 0 Å². The van der Waals surface area contributed by atoms with E-state index in [1.54, 1.807) is 0 Å². The molecular formula is C29H21N5O4. The lowest BCUT2D eigenvalue weighted by atomic mass is 9.76. The van der Waals surface area contributed by atoms with E-state index in [0.717, 1.165) is 43.1 Å². The van der Waals surface area contributed by atoms with Gasteiger partial charge >= 0.3 is 0 Å². The molecule has 0 saturated heterocycles. The number of nitrogen functional groups attached to an aromatic ring is 1. The summed E-state index contributed by atoms with van der Waals surface area (Å²) in [7, 11) is 0. The van der Waals surface area contributed by atoms with Crippen LogP contribution in [0.25, 0.3) is 54.3 Å². The van der Waals surface area contributed by atoms with Gasteiger partial charge in [-0.25, -0.2) is 4.98 Å². The summed E-state index contributed by atoms with van der Waals surface area (Å²) in [5, 5.41) is 41.7. The number of H-pyrrole nitrogens is 1. The van der Waals surface area contributed by atoms with Gasteiger partial charge in [0.15, 0.2) is 11.2 Å². The largest absolute Gasteiger partial charge is 0.388 e. The fourth-order valence-electron chi connectivity index (χ4n) is 6.52. The fraction of sp³-hybridized carbons (Fsp3) is 0.138. The van der Waals surface area contributed by atoms with Crippen LogP contribution in [0.4, 0.5) is 5.95 Å². The van der Waals surface area contributed by atoms with E-state index in [0.29, 0.717) is 11.1 Å². The molecule has 0 radical (unpaired) electrons. The highest BCUT2D eigenvalue weighted by atomic mass is 16.4. The van der Waals surface area contributed by atoms with E-state index in [1.165, 1.54) is 10.9 Å². The Morgan fingerprint density at radius 2 is 1.58 bits per heavy atom. The van der Waals surface area contributed by atoms with Crippen molar-refractivity contribution in [1.29, 1.82) is 0 Å². The number of hydrogen-bond donors (Lipinski definition) is 5. The van der Waals surface area contributed by atoms with Gasteiger partial charge in [0.1, 0.15) is 18.3 Å². The molecule has 8 rings (SSSR count). The van der Waals surface area contributed by atoms with Crippen molar-refractivity contribution in [3.05, 3.63) is 88.5 Å². The van der Waals surface area contributed by atoms with Crippen LogP contribution in [0.2, 0.25) is 0 Å². The Balaban J connectivity index is 1.62. The summed E-state index contributed by atoms with van der Waals surface area (Å²) in [4.78, 5) is 23.9. The SMILES string of the molecule is Nc1nc2ncn(C3c4c(cc5ccc6cccc7c8ccccc8c4c5c67)C(O)C(O)C3O)c2c(=O)[nH]1. The van der Waals surface area contributed by atoms with Crippen LogP contribution in [-0.2, 0) is 0 Å². The van der Waals surface area contributed by atoms with Crippen molar-refractivity contribution >= 4 is 60.2 Å². The highest BCUT2D eigenvalue weighted by molar-refractivity contribution is 6.34. The molecule has 6 N–H and O–H groups in total. The third kappa shape index (κ3) is 2.57. The van der Waals surface area contributed by atoms with E-state index in [2.05, 4.69) is 39.2 Å². The topological polar surface area (TPSA) is 150 Å². The predicted octanol–water partition coefficient (Wildman–Crippen LogP) is 3.11. The summed E-state index contributed by atoms with van der Waals surface area (Å²) in [6.45, 7) is 0. The summed E-state index contributed by atoms with van der Waals surface area (Å²) in [6.07, 6.45) is -2.85. The zero-order chi connectivity index (χ0) is 25.9. The number of aliphatic hydroxyl groups is 3. The average molecular weight is 504 g/mol. The molecule has 0 bridgehead atoms. The summed E-state index contributed by atoms with van der Waals surface area (Å²) in [5.41, 5.74) is 6.60. The molecule has 2 aromatic heterocycles. The predicted molar refractivity (Wildman–Crippen MR) is 145 cm³/mol. The van der Waals surface area contributed by atoms with Gasteiger partial charge in [-0.05, 0) is 60.3 Å². The number of imidazole rings is 1. The minimum Gasteiger partial charge on any atom is -0.388 e. The van der Waals surface area contributed by atoms with E-state index in [-0.39, 0.29) is 17.1 Å². The molecule has 0 spiro atoms. The minimum atomic E-state index is -1.50. The number of nitrogens with one attached hydrogen (secondary N) is 1. The molecule has 0 amide bonds. The zero-order valence-corrected chi connectivity index (χ0v) is 19.8. The molecule has 38 heavy (non-hydrogen) atoms. The molecule has 9 heteroatoms. The third-order valence-corrected chi connectivity index (χ3v) is 8.07. The summed E-state index contributed by atoms with van der Waals surface area (Å²) < 4.78 is 1.53. The number of fused-ring (bicyclic) bond motifs is 6. The molecule has 186 valence electrons. The second-order valence-electron chi connectivity index (χ2n) is 10.0. The van der Waals surface area contributed by atoms with E-state index in [1.807, 2.05) is 36.4 Å². The number of nitrogens with two attached hydrogens (primary N) is 1. The Labute approximate surface area is 213 Å². The van der Waals surface area contributed by atoms with Crippen LogP contribution in [0.3, 0.4) is 0 Å². The first-order chi connectivity index (χ1) is 18.4.